The Morgan fingerprint density at radius 2 is 2.18 bits per heavy atom. The summed E-state index contributed by atoms with van der Waals surface area (Å²) in [5, 5.41) is 0. The van der Waals surface area contributed by atoms with Crippen LogP contribution in [0.15, 0.2) is 23.0 Å². The highest BCUT2D eigenvalue weighted by Gasteiger charge is 2.33. The van der Waals surface area contributed by atoms with Crippen molar-refractivity contribution in [2.75, 3.05) is 25.5 Å². The van der Waals surface area contributed by atoms with E-state index in [1.54, 1.807) is 6.07 Å². The van der Waals surface area contributed by atoms with Crippen LogP contribution in [-0.2, 0) is 6.54 Å². The third-order valence-electron chi connectivity index (χ3n) is 3.96. The molecule has 3 nitrogen and oxygen atoms in total. The third-order valence-corrected chi connectivity index (χ3v) is 4.13. The van der Waals surface area contributed by atoms with Crippen LogP contribution in [0.1, 0.15) is 18.0 Å². The van der Waals surface area contributed by atoms with Crippen molar-refractivity contribution in [3.63, 3.8) is 0 Å². The second-order valence-electron chi connectivity index (χ2n) is 5.15. The highest BCUT2D eigenvalue weighted by molar-refractivity contribution is 6.18. The molecule has 0 aliphatic carbocycles. The lowest BCUT2D eigenvalue weighted by Crippen LogP contribution is -2.47. The maximum absolute atomic E-state index is 11.8. The Morgan fingerprint density at radius 1 is 1.29 bits per heavy atom. The summed E-state index contributed by atoms with van der Waals surface area (Å²) >= 11 is 5.82. The number of fused-ring (bicyclic) bond motifs is 4. The summed E-state index contributed by atoms with van der Waals surface area (Å²) in [4.78, 5) is 14.3. The highest BCUT2D eigenvalue weighted by Crippen LogP contribution is 2.34. The van der Waals surface area contributed by atoms with Gasteiger partial charge in [0.25, 0.3) is 5.56 Å². The molecule has 92 valence electrons. The first-order chi connectivity index (χ1) is 8.28. The molecule has 1 aromatic heterocycles. The second-order valence-corrected chi connectivity index (χ2v) is 5.52. The Kier molecular flexibility index (Phi) is 2.97. The number of likely N-dealkylation sites (tertiary alicyclic amines) is 1. The van der Waals surface area contributed by atoms with Gasteiger partial charge in [-0.25, -0.2) is 0 Å². The van der Waals surface area contributed by atoms with E-state index in [1.165, 1.54) is 12.1 Å². The zero-order chi connectivity index (χ0) is 11.8. The summed E-state index contributed by atoms with van der Waals surface area (Å²) in [7, 11) is 0. The Labute approximate surface area is 106 Å². The van der Waals surface area contributed by atoms with Gasteiger partial charge in [0.15, 0.2) is 0 Å². The van der Waals surface area contributed by atoms with Gasteiger partial charge in [-0.15, -0.1) is 11.6 Å². The molecule has 1 saturated heterocycles. The Bertz CT molecular complexity index is 471. The van der Waals surface area contributed by atoms with Crippen molar-refractivity contribution < 1.29 is 0 Å². The molecule has 17 heavy (non-hydrogen) atoms. The SMILES string of the molecule is O=c1cccc2n1C[C@H]1C[C@@H]2CN(CCCl)C1. The largest absolute Gasteiger partial charge is 0.312 e. The number of halogens is 1. The molecular weight excluding hydrogens is 236 g/mol. The zero-order valence-electron chi connectivity index (χ0n) is 9.81. The average Bonchev–Trinajstić information content (AvgIpc) is 2.31. The summed E-state index contributed by atoms with van der Waals surface area (Å²) in [6.07, 6.45) is 1.22. The molecule has 2 atom stereocenters. The van der Waals surface area contributed by atoms with Crippen LogP contribution in [0.5, 0.6) is 0 Å². The molecule has 2 aliphatic heterocycles. The molecule has 0 aromatic carbocycles. The average molecular weight is 253 g/mol. The van der Waals surface area contributed by atoms with Gasteiger partial charge in [0.1, 0.15) is 0 Å². The maximum atomic E-state index is 11.8. The molecule has 0 saturated carbocycles. The molecule has 1 fully saturated rings. The molecule has 1 aromatic rings. The first-order valence-electron chi connectivity index (χ1n) is 6.26. The first kappa shape index (κ1) is 11.3. The molecule has 0 radical (unpaired) electrons. The standard InChI is InChI=1S/C13H17ClN2O/c14-4-5-15-7-10-6-11(9-15)12-2-1-3-13(17)16(12)8-10/h1-3,10-11H,4-9H2/t10-,11+/m0/s1. The molecule has 2 bridgehead atoms. The quantitative estimate of drug-likeness (QED) is 0.746. The fourth-order valence-electron chi connectivity index (χ4n) is 3.30. The minimum absolute atomic E-state index is 0.156. The fraction of sp³-hybridized carbons (Fsp3) is 0.615. The number of hydrogen-bond donors (Lipinski definition) is 0. The minimum atomic E-state index is 0.156. The van der Waals surface area contributed by atoms with Gasteiger partial charge in [0.2, 0.25) is 0 Å². The van der Waals surface area contributed by atoms with Crippen molar-refractivity contribution in [2.24, 2.45) is 5.92 Å². The van der Waals surface area contributed by atoms with Crippen molar-refractivity contribution in [1.82, 2.24) is 9.47 Å². The van der Waals surface area contributed by atoms with Crippen LogP contribution in [0.2, 0.25) is 0 Å². The molecule has 4 heteroatoms. The van der Waals surface area contributed by atoms with Gasteiger partial charge < -0.3 is 9.47 Å². The summed E-state index contributed by atoms with van der Waals surface area (Å²) < 4.78 is 1.97. The van der Waals surface area contributed by atoms with Crippen LogP contribution in [0.25, 0.3) is 0 Å². The minimum Gasteiger partial charge on any atom is -0.312 e. The van der Waals surface area contributed by atoms with Crippen LogP contribution in [0, 0.1) is 5.92 Å². The summed E-state index contributed by atoms with van der Waals surface area (Å²) in [5.74, 6) is 1.82. The molecule has 0 N–H and O–H groups in total. The van der Waals surface area contributed by atoms with E-state index >= 15 is 0 Å². The van der Waals surface area contributed by atoms with E-state index in [1.807, 2.05) is 10.6 Å². The van der Waals surface area contributed by atoms with Gasteiger partial charge in [-0.1, -0.05) is 6.07 Å². The van der Waals surface area contributed by atoms with Crippen LogP contribution in [0.3, 0.4) is 0 Å². The predicted octanol–water partition coefficient (Wildman–Crippen LogP) is 1.51. The number of piperidine rings is 1. The van der Waals surface area contributed by atoms with Crippen LogP contribution >= 0.6 is 11.6 Å². The Hall–Kier alpha value is -0.800. The monoisotopic (exact) mass is 252 g/mol. The highest BCUT2D eigenvalue weighted by atomic mass is 35.5. The van der Waals surface area contributed by atoms with Crippen LogP contribution in [-0.4, -0.2) is 35.0 Å². The van der Waals surface area contributed by atoms with Gasteiger partial charge in [0, 0.05) is 49.7 Å². The normalized spacial score (nSPS) is 27.8. The number of alkyl halides is 1. The van der Waals surface area contributed by atoms with E-state index in [2.05, 4.69) is 11.0 Å². The smallest absolute Gasteiger partial charge is 0.250 e. The number of rotatable bonds is 2. The molecular formula is C13H17ClN2O. The second kappa shape index (κ2) is 4.46. The van der Waals surface area contributed by atoms with E-state index < -0.39 is 0 Å². The summed E-state index contributed by atoms with van der Waals surface area (Å²) in [6.45, 7) is 3.98. The van der Waals surface area contributed by atoms with Crippen molar-refractivity contribution >= 4 is 11.6 Å². The van der Waals surface area contributed by atoms with Crippen molar-refractivity contribution in [2.45, 2.75) is 18.9 Å². The van der Waals surface area contributed by atoms with Crippen molar-refractivity contribution in [1.29, 1.82) is 0 Å². The van der Waals surface area contributed by atoms with Gasteiger partial charge in [0.05, 0.1) is 0 Å². The predicted molar refractivity (Wildman–Crippen MR) is 68.7 cm³/mol. The van der Waals surface area contributed by atoms with Crippen LogP contribution in [0.4, 0.5) is 0 Å². The lowest BCUT2D eigenvalue weighted by atomic mass is 9.83. The van der Waals surface area contributed by atoms with Crippen molar-refractivity contribution in [3.05, 3.63) is 34.2 Å². The van der Waals surface area contributed by atoms with Crippen molar-refractivity contribution in [3.8, 4) is 0 Å². The number of hydrogen-bond acceptors (Lipinski definition) is 2. The molecule has 3 rings (SSSR count). The van der Waals surface area contributed by atoms with Gasteiger partial charge in [-0.3, -0.25) is 4.79 Å². The third kappa shape index (κ3) is 2.02. The van der Waals surface area contributed by atoms with Gasteiger partial charge >= 0.3 is 0 Å². The fourth-order valence-corrected chi connectivity index (χ4v) is 3.54. The lowest BCUT2D eigenvalue weighted by Gasteiger charge is -2.42. The Balaban J connectivity index is 1.93. The molecule has 0 unspecified atom stereocenters. The molecule has 2 aliphatic rings. The molecule has 0 amide bonds. The summed E-state index contributed by atoms with van der Waals surface area (Å²) in [5.41, 5.74) is 1.37. The van der Waals surface area contributed by atoms with Gasteiger partial charge in [-0.2, -0.15) is 0 Å². The zero-order valence-corrected chi connectivity index (χ0v) is 10.6. The number of aromatic nitrogens is 1. The maximum Gasteiger partial charge on any atom is 0.250 e. The van der Waals surface area contributed by atoms with Gasteiger partial charge in [-0.05, 0) is 18.4 Å². The lowest BCUT2D eigenvalue weighted by molar-refractivity contribution is 0.126. The topological polar surface area (TPSA) is 25.2 Å². The van der Waals surface area contributed by atoms with E-state index in [-0.39, 0.29) is 5.56 Å². The first-order valence-corrected chi connectivity index (χ1v) is 6.79. The number of pyridine rings is 1. The summed E-state index contributed by atoms with van der Waals surface area (Å²) in [6, 6.07) is 5.66. The van der Waals surface area contributed by atoms with Crippen LogP contribution < -0.4 is 5.56 Å². The van der Waals surface area contributed by atoms with E-state index in [0.29, 0.717) is 17.7 Å². The number of nitrogens with zero attached hydrogens (tertiary/aromatic N) is 2. The molecule has 3 heterocycles. The Morgan fingerprint density at radius 3 is 3.00 bits per heavy atom. The molecule has 0 spiro atoms. The van der Waals surface area contributed by atoms with E-state index in [0.717, 1.165) is 26.2 Å². The van der Waals surface area contributed by atoms with E-state index in [4.69, 9.17) is 11.6 Å². The van der Waals surface area contributed by atoms with E-state index in [9.17, 15) is 4.79 Å².